The minimum atomic E-state index is 0.754. The van der Waals surface area contributed by atoms with E-state index in [1.54, 1.807) is 14.2 Å². The van der Waals surface area contributed by atoms with Crippen LogP contribution in [0.5, 0.6) is 11.5 Å². The van der Waals surface area contributed by atoms with Crippen molar-refractivity contribution in [3.05, 3.63) is 48.0 Å². The standard InChI is InChI=1S/C15H16O2/c1-11-6-4-5-7-13(11)12-8-9-14(16-2)15(10-12)17-3/h4-10H,1-3H3. The Hall–Kier alpha value is -1.96. The molecule has 0 spiro atoms. The highest BCUT2D eigenvalue weighted by atomic mass is 16.5. The topological polar surface area (TPSA) is 18.5 Å². The van der Waals surface area contributed by atoms with E-state index in [0.717, 1.165) is 17.1 Å². The zero-order valence-electron chi connectivity index (χ0n) is 10.4. The lowest BCUT2D eigenvalue weighted by molar-refractivity contribution is 0.355. The highest BCUT2D eigenvalue weighted by Gasteiger charge is 2.07. The largest absolute Gasteiger partial charge is 0.493 e. The molecule has 0 heterocycles. The van der Waals surface area contributed by atoms with Gasteiger partial charge in [-0.2, -0.15) is 0 Å². The van der Waals surface area contributed by atoms with Crippen molar-refractivity contribution in [3.63, 3.8) is 0 Å². The molecule has 0 radical (unpaired) electrons. The molecule has 2 aromatic rings. The molecule has 2 rings (SSSR count). The lowest BCUT2D eigenvalue weighted by Crippen LogP contribution is -1.91. The van der Waals surface area contributed by atoms with Crippen LogP contribution in [0.1, 0.15) is 5.56 Å². The zero-order valence-corrected chi connectivity index (χ0v) is 10.4. The van der Waals surface area contributed by atoms with Crippen molar-refractivity contribution >= 4 is 0 Å². The Morgan fingerprint density at radius 1 is 0.824 bits per heavy atom. The van der Waals surface area contributed by atoms with Gasteiger partial charge in [-0.15, -0.1) is 0 Å². The van der Waals surface area contributed by atoms with Gasteiger partial charge >= 0.3 is 0 Å². The molecule has 0 aliphatic rings. The maximum absolute atomic E-state index is 5.31. The summed E-state index contributed by atoms with van der Waals surface area (Å²) in [5.41, 5.74) is 3.61. The Morgan fingerprint density at radius 2 is 1.53 bits per heavy atom. The van der Waals surface area contributed by atoms with Crippen molar-refractivity contribution in [2.45, 2.75) is 6.92 Å². The normalized spacial score (nSPS) is 10.1. The van der Waals surface area contributed by atoms with Crippen LogP contribution in [0.15, 0.2) is 42.5 Å². The van der Waals surface area contributed by atoms with Gasteiger partial charge in [-0.05, 0) is 35.7 Å². The maximum Gasteiger partial charge on any atom is 0.161 e. The van der Waals surface area contributed by atoms with E-state index in [-0.39, 0.29) is 0 Å². The van der Waals surface area contributed by atoms with Crippen molar-refractivity contribution in [3.8, 4) is 22.6 Å². The Labute approximate surface area is 102 Å². The smallest absolute Gasteiger partial charge is 0.161 e. The molecule has 0 unspecified atom stereocenters. The molecule has 2 nitrogen and oxygen atoms in total. The SMILES string of the molecule is COc1ccc(-c2ccccc2C)cc1OC. The van der Waals surface area contributed by atoms with Gasteiger partial charge in [0.2, 0.25) is 0 Å². The summed E-state index contributed by atoms with van der Waals surface area (Å²) in [6, 6.07) is 14.3. The van der Waals surface area contributed by atoms with Gasteiger partial charge in [0.15, 0.2) is 11.5 Å². The second kappa shape index (κ2) is 4.91. The second-order valence-electron chi connectivity index (χ2n) is 3.88. The van der Waals surface area contributed by atoms with Crippen LogP contribution < -0.4 is 9.47 Å². The third-order valence-corrected chi connectivity index (χ3v) is 2.84. The van der Waals surface area contributed by atoms with E-state index in [2.05, 4.69) is 19.1 Å². The van der Waals surface area contributed by atoms with Crippen LogP contribution in [0.3, 0.4) is 0 Å². The van der Waals surface area contributed by atoms with E-state index in [9.17, 15) is 0 Å². The average molecular weight is 228 g/mol. The van der Waals surface area contributed by atoms with Crippen molar-refractivity contribution in [2.75, 3.05) is 14.2 Å². The van der Waals surface area contributed by atoms with E-state index in [0.29, 0.717) is 0 Å². The summed E-state index contributed by atoms with van der Waals surface area (Å²) in [6.07, 6.45) is 0. The van der Waals surface area contributed by atoms with Gasteiger partial charge in [-0.25, -0.2) is 0 Å². The number of methoxy groups -OCH3 is 2. The zero-order chi connectivity index (χ0) is 12.3. The Bertz CT molecular complexity index is 518. The summed E-state index contributed by atoms with van der Waals surface area (Å²) in [4.78, 5) is 0. The highest BCUT2D eigenvalue weighted by molar-refractivity contribution is 5.70. The fraction of sp³-hybridized carbons (Fsp3) is 0.200. The predicted molar refractivity (Wildman–Crippen MR) is 69.7 cm³/mol. The lowest BCUT2D eigenvalue weighted by atomic mass is 10.0. The van der Waals surface area contributed by atoms with E-state index in [1.807, 2.05) is 30.3 Å². The molecule has 0 amide bonds. The van der Waals surface area contributed by atoms with Gasteiger partial charge in [0, 0.05) is 0 Å². The molecule has 2 aromatic carbocycles. The van der Waals surface area contributed by atoms with Gasteiger partial charge < -0.3 is 9.47 Å². The number of rotatable bonds is 3. The number of ether oxygens (including phenoxy) is 2. The van der Waals surface area contributed by atoms with E-state index >= 15 is 0 Å². The molecule has 0 aliphatic heterocycles. The molecule has 88 valence electrons. The average Bonchev–Trinajstić information content (AvgIpc) is 2.38. The summed E-state index contributed by atoms with van der Waals surface area (Å²) >= 11 is 0. The van der Waals surface area contributed by atoms with Crippen LogP contribution >= 0.6 is 0 Å². The molecule has 0 N–H and O–H groups in total. The van der Waals surface area contributed by atoms with Crippen LogP contribution in [0, 0.1) is 6.92 Å². The summed E-state index contributed by atoms with van der Waals surface area (Å²) in [7, 11) is 3.30. The van der Waals surface area contributed by atoms with E-state index in [1.165, 1.54) is 11.1 Å². The summed E-state index contributed by atoms with van der Waals surface area (Å²) in [6.45, 7) is 2.10. The van der Waals surface area contributed by atoms with Crippen LogP contribution in [0.4, 0.5) is 0 Å². The fourth-order valence-corrected chi connectivity index (χ4v) is 1.90. The minimum absolute atomic E-state index is 0.754. The van der Waals surface area contributed by atoms with Gasteiger partial charge in [-0.1, -0.05) is 30.3 Å². The van der Waals surface area contributed by atoms with Gasteiger partial charge in [-0.3, -0.25) is 0 Å². The minimum Gasteiger partial charge on any atom is -0.493 e. The molecule has 0 saturated carbocycles. The van der Waals surface area contributed by atoms with Gasteiger partial charge in [0.1, 0.15) is 0 Å². The lowest BCUT2D eigenvalue weighted by Gasteiger charge is -2.11. The Kier molecular flexibility index (Phi) is 3.33. The first-order valence-corrected chi connectivity index (χ1v) is 5.54. The summed E-state index contributed by atoms with van der Waals surface area (Å²) in [5, 5.41) is 0. The summed E-state index contributed by atoms with van der Waals surface area (Å²) < 4.78 is 10.5. The maximum atomic E-state index is 5.31. The molecule has 0 atom stereocenters. The first kappa shape index (κ1) is 11.5. The molecule has 0 bridgehead atoms. The van der Waals surface area contributed by atoms with Crippen LogP contribution in [0.25, 0.3) is 11.1 Å². The number of hydrogen-bond donors (Lipinski definition) is 0. The molecule has 17 heavy (non-hydrogen) atoms. The highest BCUT2D eigenvalue weighted by Crippen LogP contribution is 2.33. The Balaban J connectivity index is 2.50. The van der Waals surface area contributed by atoms with Crippen LogP contribution in [-0.4, -0.2) is 14.2 Å². The Morgan fingerprint density at radius 3 is 2.18 bits per heavy atom. The molecular weight excluding hydrogens is 212 g/mol. The van der Waals surface area contributed by atoms with E-state index < -0.39 is 0 Å². The van der Waals surface area contributed by atoms with Crippen molar-refractivity contribution < 1.29 is 9.47 Å². The van der Waals surface area contributed by atoms with Crippen molar-refractivity contribution in [1.82, 2.24) is 0 Å². The van der Waals surface area contributed by atoms with Crippen molar-refractivity contribution in [1.29, 1.82) is 0 Å². The summed E-state index contributed by atoms with van der Waals surface area (Å²) in [5.74, 6) is 1.51. The molecule has 0 saturated heterocycles. The molecule has 0 fully saturated rings. The second-order valence-corrected chi connectivity index (χ2v) is 3.88. The number of benzene rings is 2. The van der Waals surface area contributed by atoms with Gasteiger partial charge in [0.05, 0.1) is 14.2 Å². The first-order valence-electron chi connectivity index (χ1n) is 5.54. The fourth-order valence-electron chi connectivity index (χ4n) is 1.90. The molecular formula is C15H16O2. The number of aryl methyl sites for hydroxylation is 1. The predicted octanol–water partition coefficient (Wildman–Crippen LogP) is 3.68. The monoisotopic (exact) mass is 228 g/mol. The van der Waals surface area contributed by atoms with Crippen LogP contribution in [0.2, 0.25) is 0 Å². The number of hydrogen-bond acceptors (Lipinski definition) is 2. The molecule has 0 aromatic heterocycles. The third-order valence-electron chi connectivity index (χ3n) is 2.84. The van der Waals surface area contributed by atoms with Crippen molar-refractivity contribution in [2.24, 2.45) is 0 Å². The first-order chi connectivity index (χ1) is 8.26. The molecule has 2 heteroatoms. The van der Waals surface area contributed by atoms with Crippen LogP contribution in [-0.2, 0) is 0 Å². The van der Waals surface area contributed by atoms with Gasteiger partial charge in [0.25, 0.3) is 0 Å². The van der Waals surface area contributed by atoms with E-state index in [4.69, 9.17) is 9.47 Å². The molecule has 0 aliphatic carbocycles. The quantitative estimate of drug-likeness (QED) is 0.797. The third kappa shape index (κ3) is 2.26.